The molecule has 11 nitrogen and oxygen atoms in total. The number of phenolic OH excluding ortho intramolecular Hbond substituents is 1. The van der Waals surface area contributed by atoms with E-state index in [1.165, 1.54) is 11.0 Å². The second kappa shape index (κ2) is 8.15. The first kappa shape index (κ1) is 24.5. The molecule has 1 unspecified atom stereocenters. The average Bonchev–Trinajstić information content (AvgIpc) is 2.83. The summed E-state index contributed by atoms with van der Waals surface area (Å²) >= 11 is 0. The van der Waals surface area contributed by atoms with Gasteiger partial charge in [0.15, 0.2) is 11.4 Å². The van der Waals surface area contributed by atoms with E-state index in [0.717, 1.165) is 0 Å². The number of phenols is 1. The standard InChI is InChI=1S/C26H26N4O7/c1-30(2)19-13-8-10-7-12-11(15-5-3-4-6-29-15)9-14(27)20(31)17(12)21(32)16(10)23(34)26(13,37)24(35)18(22(19)33)25(28)36/h3-6,9-10,13,19,31,33-34,37H,7-8,27H2,1-2H3,(H2,28,36)/t10-,13-,19?,26-/m0/s1. The molecule has 1 amide bonds. The fourth-order valence-corrected chi connectivity index (χ4v) is 6.09. The van der Waals surface area contributed by atoms with Crippen molar-refractivity contribution in [3.8, 4) is 17.0 Å². The predicted octanol–water partition coefficient (Wildman–Crippen LogP) is 0.765. The number of fused-ring (bicyclic) bond motifs is 3. The van der Waals surface area contributed by atoms with Crippen molar-refractivity contribution in [2.45, 2.75) is 24.5 Å². The number of Topliss-reactive ketones (excluding diaryl/α,β-unsaturated/α-hetero) is 2. The lowest BCUT2D eigenvalue weighted by molar-refractivity contribution is -0.148. The highest BCUT2D eigenvalue weighted by molar-refractivity contribution is 6.25. The third-order valence-corrected chi connectivity index (χ3v) is 7.69. The summed E-state index contributed by atoms with van der Waals surface area (Å²) in [5, 5.41) is 44.6. The summed E-state index contributed by atoms with van der Waals surface area (Å²) in [7, 11) is 3.15. The number of aliphatic hydroxyl groups excluding tert-OH is 2. The van der Waals surface area contributed by atoms with Gasteiger partial charge in [-0.15, -0.1) is 0 Å². The van der Waals surface area contributed by atoms with Crippen molar-refractivity contribution in [2.75, 3.05) is 19.8 Å². The van der Waals surface area contributed by atoms with E-state index in [-0.39, 0.29) is 29.7 Å². The number of nitrogens with two attached hydrogens (primary N) is 2. The summed E-state index contributed by atoms with van der Waals surface area (Å²) < 4.78 is 0. The van der Waals surface area contributed by atoms with Crippen molar-refractivity contribution in [3.63, 3.8) is 0 Å². The maximum atomic E-state index is 13.8. The van der Waals surface area contributed by atoms with Gasteiger partial charge in [0.1, 0.15) is 22.8 Å². The smallest absolute Gasteiger partial charge is 0.255 e. The van der Waals surface area contributed by atoms with Gasteiger partial charge in [0.25, 0.3) is 5.91 Å². The first-order valence-electron chi connectivity index (χ1n) is 11.6. The molecule has 1 aromatic heterocycles. The Morgan fingerprint density at radius 3 is 2.49 bits per heavy atom. The third kappa shape index (κ3) is 3.20. The molecule has 0 saturated heterocycles. The fourth-order valence-electron chi connectivity index (χ4n) is 6.09. The fraction of sp³-hybridized carbons (Fsp3) is 0.308. The van der Waals surface area contributed by atoms with Crippen molar-refractivity contribution < 1.29 is 34.8 Å². The molecule has 1 aromatic carbocycles. The molecule has 1 heterocycles. The maximum absolute atomic E-state index is 13.8. The van der Waals surface area contributed by atoms with Gasteiger partial charge in [-0.2, -0.15) is 0 Å². The van der Waals surface area contributed by atoms with Crippen LogP contribution >= 0.6 is 0 Å². The van der Waals surface area contributed by atoms with Gasteiger partial charge in [0, 0.05) is 23.3 Å². The number of hydrogen-bond acceptors (Lipinski definition) is 10. The van der Waals surface area contributed by atoms with E-state index < -0.39 is 63.8 Å². The molecular weight excluding hydrogens is 480 g/mol. The number of pyridine rings is 1. The number of ketones is 2. The van der Waals surface area contributed by atoms with Gasteiger partial charge in [-0.05, 0) is 56.6 Å². The van der Waals surface area contributed by atoms with E-state index in [2.05, 4.69) is 4.98 Å². The number of anilines is 1. The summed E-state index contributed by atoms with van der Waals surface area (Å²) in [5.41, 5.74) is 8.86. The number of nitrogens with zero attached hydrogens (tertiary/aromatic N) is 2. The van der Waals surface area contributed by atoms with E-state index in [0.29, 0.717) is 16.8 Å². The number of carbonyl (C=O) groups is 3. The number of carbonyl (C=O) groups excluding carboxylic acids is 3. The topological polar surface area (TPSA) is 200 Å². The van der Waals surface area contributed by atoms with Crippen LogP contribution in [0.3, 0.4) is 0 Å². The largest absolute Gasteiger partial charge is 0.510 e. The molecule has 3 aliphatic carbocycles. The number of nitrogen functional groups attached to an aromatic ring is 1. The van der Waals surface area contributed by atoms with Crippen LogP contribution in [0.5, 0.6) is 5.75 Å². The molecule has 37 heavy (non-hydrogen) atoms. The minimum atomic E-state index is -2.69. The van der Waals surface area contributed by atoms with Crippen molar-refractivity contribution in [1.29, 1.82) is 0 Å². The Kier molecular flexibility index (Phi) is 5.39. The Labute approximate surface area is 211 Å². The molecule has 0 spiro atoms. The van der Waals surface area contributed by atoms with E-state index in [1.807, 2.05) is 0 Å². The van der Waals surface area contributed by atoms with Crippen molar-refractivity contribution in [3.05, 3.63) is 64.3 Å². The van der Waals surface area contributed by atoms with Crippen LogP contribution in [0.1, 0.15) is 22.3 Å². The zero-order valence-corrected chi connectivity index (χ0v) is 20.1. The lowest BCUT2D eigenvalue weighted by Crippen LogP contribution is -2.63. The number of primary amides is 1. The van der Waals surface area contributed by atoms with Crippen LogP contribution in [0, 0.1) is 11.8 Å². The molecule has 11 heteroatoms. The average molecular weight is 507 g/mol. The first-order chi connectivity index (χ1) is 17.4. The van der Waals surface area contributed by atoms with Crippen LogP contribution in [0.4, 0.5) is 5.69 Å². The second-order valence-corrected chi connectivity index (χ2v) is 9.89. The Morgan fingerprint density at radius 2 is 1.89 bits per heavy atom. The lowest BCUT2D eigenvalue weighted by atomic mass is 9.58. The van der Waals surface area contributed by atoms with E-state index >= 15 is 0 Å². The number of likely N-dealkylation sites (N-methyl/N-ethyl adjacent to an activating group) is 1. The first-order valence-corrected chi connectivity index (χ1v) is 11.6. The SMILES string of the molecule is CN(C)C1C(O)=C(C(N)=O)C(=O)[C@@]2(O)C(O)=C3C(=O)c4c(O)c(N)cc(-c5ccccn5)c4C[C@H]3C[C@@H]12. The molecular formula is C26H26N4O7. The molecule has 2 aromatic rings. The van der Waals surface area contributed by atoms with Crippen LogP contribution in [0.15, 0.2) is 53.1 Å². The van der Waals surface area contributed by atoms with Crippen LogP contribution in [0.2, 0.25) is 0 Å². The molecule has 8 N–H and O–H groups in total. The Morgan fingerprint density at radius 1 is 1.19 bits per heavy atom. The van der Waals surface area contributed by atoms with Crippen LogP contribution in [-0.4, -0.2) is 73.5 Å². The number of aromatic nitrogens is 1. The Hall–Kier alpha value is -4.22. The van der Waals surface area contributed by atoms with Crippen LogP contribution in [-0.2, 0) is 16.0 Å². The molecule has 0 fully saturated rings. The number of aromatic hydroxyl groups is 1. The quantitative estimate of drug-likeness (QED) is 0.196. The molecule has 0 saturated carbocycles. The van der Waals surface area contributed by atoms with E-state index in [1.54, 1.807) is 38.5 Å². The van der Waals surface area contributed by atoms with Gasteiger partial charge in [-0.1, -0.05) is 6.07 Å². The molecule has 3 aliphatic rings. The number of allylic oxidation sites excluding steroid dienone is 1. The second-order valence-electron chi connectivity index (χ2n) is 9.89. The number of benzene rings is 1. The van der Waals surface area contributed by atoms with E-state index in [9.17, 15) is 34.8 Å². The molecule has 5 rings (SSSR count). The molecule has 192 valence electrons. The van der Waals surface area contributed by atoms with Gasteiger partial charge in [0.2, 0.25) is 5.78 Å². The zero-order chi connectivity index (χ0) is 27.0. The predicted molar refractivity (Wildman–Crippen MR) is 131 cm³/mol. The number of amides is 1. The summed E-state index contributed by atoms with van der Waals surface area (Å²) in [5.74, 6) is -7.16. The summed E-state index contributed by atoms with van der Waals surface area (Å²) in [6, 6.07) is 5.70. The van der Waals surface area contributed by atoms with Gasteiger partial charge in [0.05, 0.1) is 23.0 Å². The molecule has 0 radical (unpaired) electrons. The number of hydrogen-bond donors (Lipinski definition) is 6. The lowest BCUT2D eigenvalue weighted by Gasteiger charge is -2.50. The number of aliphatic hydroxyl groups is 3. The normalized spacial score (nSPS) is 27.2. The third-order valence-electron chi connectivity index (χ3n) is 7.69. The number of rotatable bonds is 3. The minimum Gasteiger partial charge on any atom is -0.510 e. The van der Waals surface area contributed by atoms with Crippen LogP contribution in [0.25, 0.3) is 11.3 Å². The minimum absolute atomic E-state index is 0.00143. The van der Waals surface area contributed by atoms with E-state index in [4.69, 9.17) is 11.5 Å². The summed E-state index contributed by atoms with van der Waals surface area (Å²) in [6.45, 7) is 0. The summed E-state index contributed by atoms with van der Waals surface area (Å²) in [6.07, 6.45) is 1.72. The van der Waals surface area contributed by atoms with Gasteiger partial charge >= 0.3 is 0 Å². The van der Waals surface area contributed by atoms with Gasteiger partial charge in [-0.25, -0.2) is 0 Å². The molecule has 0 bridgehead atoms. The summed E-state index contributed by atoms with van der Waals surface area (Å²) in [4.78, 5) is 45.0. The Bertz CT molecular complexity index is 1450. The van der Waals surface area contributed by atoms with Gasteiger partial charge in [-0.3, -0.25) is 24.3 Å². The van der Waals surface area contributed by atoms with Crippen molar-refractivity contribution >= 4 is 23.2 Å². The highest BCUT2D eigenvalue weighted by Gasteiger charge is 2.63. The Balaban J connectivity index is 1.76. The maximum Gasteiger partial charge on any atom is 0.255 e. The monoisotopic (exact) mass is 506 g/mol. The molecule has 4 atom stereocenters. The highest BCUT2D eigenvalue weighted by Crippen LogP contribution is 2.53. The molecule has 0 aliphatic heterocycles. The van der Waals surface area contributed by atoms with Crippen molar-refractivity contribution in [1.82, 2.24) is 9.88 Å². The van der Waals surface area contributed by atoms with Crippen molar-refractivity contribution in [2.24, 2.45) is 17.6 Å². The highest BCUT2D eigenvalue weighted by atomic mass is 16.3. The zero-order valence-electron chi connectivity index (χ0n) is 20.1. The van der Waals surface area contributed by atoms with Gasteiger partial charge < -0.3 is 31.9 Å². The van der Waals surface area contributed by atoms with Crippen LogP contribution < -0.4 is 11.5 Å².